The maximum absolute atomic E-state index is 4.37. The van der Waals surface area contributed by atoms with Gasteiger partial charge in [-0.15, -0.1) is 11.3 Å². The number of hydrogen-bond donors (Lipinski definition) is 2. The molecule has 1 saturated heterocycles. The van der Waals surface area contributed by atoms with Gasteiger partial charge in [-0.25, -0.2) is 4.98 Å². The van der Waals surface area contributed by atoms with E-state index in [4.69, 9.17) is 0 Å². The van der Waals surface area contributed by atoms with E-state index in [0.29, 0.717) is 11.5 Å². The van der Waals surface area contributed by atoms with Crippen LogP contribution >= 0.6 is 11.3 Å². The first-order chi connectivity index (χ1) is 8.26. The van der Waals surface area contributed by atoms with Crippen molar-refractivity contribution in [2.45, 2.75) is 39.2 Å². The van der Waals surface area contributed by atoms with E-state index >= 15 is 0 Å². The van der Waals surface area contributed by atoms with Crippen LogP contribution in [0.25, 0.3) is 0 Å². The highest BCUT2D eigenvalue weighted by Gasteiger charge is 2.32. The Labute approximate surface area is 108 Å². The Bertz CT molecular complexity index is 317. The van der Waals surface area contributed by atoms with E-state index in [0.717, 1.165) is 6.54 Å². The van der Waals surface area contributed by atoms with E-state index in [-0.39, 0.29) is 0 Å². The molecule has 1 aromatic heterocycles. The molecular formula is C13H23N3S. The fourth-order valence-corrected chi connectivity index (χ4v) is 3.35. The molecule has 2 unspecified atom stereocenters. The standard InChI is InChI=1S/C13H23N3S/c1-3-4-13(5-6-14-9-13)10-16-11(2)12-15-7-8-17-12/h7-8,11,14,16H,3-6,9-10H2,1-2H3. The third kappa shape index (κ3) is 3.27. The largest absolute Gasteiger partial charge is 0.316 e. The van der Waals surface area contributed by atoms with E-state index in [2.05, 4.69) is 29.5 Å². The average molecular weight is 253 g/mol. The molecule has 0 spiro atoms. The third-order valence-corrected chi connectivity index (χ3v) is 4.68. The van der Waals surface area contributed by atoms with Crippen LogP contribution in [0.4, 0.5) is 0 Å². The molecule has 17 heavy (non-hydrogen) atoms. The van der Waals surface area contributed by atoms with E-state index in [9.17, 15) is 0 Å². The van der Waals surface area contributed by atoms with Crippen molar-refractivity contribution in [2.75, 3.05) is 19.6 Å². The summed E-state index contributed by atoms with van der Waals surface area (Å²) in [6.45, 7) is 7.94. The molecule has 3 nitrogen and oxygen atoms in total. The van der Waals surface area contributed by atoms with Gasteiger partial charge in [-0.1, -0.05) is 13.3 Å². The van der Waals surface area contributed by atoms with Gasteiger partial charge in [0.15, 0.2) is 0 Å². The van der Waals surface area contributed by atoms with Crippen LogP contribution in [-0.4, -0.2) is 24.6 Å². The summed E-state index contributed by atoms with van der Waals surface area (Å²) in [5, 5.41) is 10.4. The Hall–Kier alpha value is -0.450. The predicted molar refractivity (Wildman–Crippen MR) is 73.4 cm³/mol. The Balaban J connectivity index is 1.87. The van der Waals surface area contributed by atoms with Gasteiger partial charge in [0.1, 0.15) is 5.01 Å². The van der Waals surface area contributed by atoms with E-state index in [1.54, 1.807) is 11.3 Å². The smallest absolute Gasteiger partial charge is 0.109 e. The van der Waals surface area contributed by atoms with Crippen LogP contribution in [0.3, 0.4) is 0 Å². The van der Waals surface area contributed by atoms with Gasteiger partial charge in [0.25, 0.3) is 0 Å². The van der Waals surface area contributed by atoms with Crippen molar-refractivity contribution < 1.29 is 0 Å². The number of hydrogen-bond acceptors (Lipinski definition) is 4. The Morgan fingerprint density at radius 1 is 1.65 bits per heavy atom. The van der Waals surface area contributed by atoms with Gasteiger partial charge >= 0.3 is 0 Å². The van der Waals surface area contributed by atoms with Crippen molar-refractivity contribution >= 4 is 11.3 Å². The predicted octanol–water partition coefficient (Wildman–Crippen LogP) is 2.57. The zero-order valence-corrected chi connectivity index (χ0v) is 11.6. The number of rotatable bonds is 6. The Kier molecular flexibility index (Phi) is 4.54. The summed E-state index contributed by atoms with van der Waals surface area (Å²) in [6.07, 6.45) is 5.78. The lowest BCUT2D eigenvalue weighted by Gasteiger charge is -2.29. The number of nitrogens with zero attached hydrogens (tertiary/aromatic N) is 1. The first-order valence-corrected chi connectivity index (χ1v) is 7.47. The fourth-order valence-electron chi connectivity index (χ4n) is 2.68. The zero-order valence-electron chi connectivity index (χ0n) is 10.8. The van der Waals surface area contributed by atoms with E-state index in [1.165, 1.54) is 37.4 Å². The van der Waals surface area contributed by atoms with Crippen LogP contribution < -0.4 is 10.6 Å². The normalized spacial score (nSPS) is 26.2. The first kappa shape index (κ1) is 13.0. The lowest BCUT2D eigenvalue weighted by Crippen LogP contribution is -2.37. The average Bonchev–Trinajstić information content (AvgIpc) is 2.98. The first-order valence-electron chi connectivity index (χ1n) is 6.59. The van der Waals surface area contributed by atoms with Crippen LogP contribution in [0.15, 0.2) is 11.6 Å². The molecule has 0 bridgehead atoms. The summed E-state index contributed by atoms with van der Waals surface area (Å²) in [4.78, 5) is 4.37. The SMILES string of the molecule is CCCC1(CNC(C)c2nccs2)CCNC1. The second kappa shape index (κ2) is 5.94. The molecule has 1 fully saturated rings. The molecule has 0 aromatic carbocycles. The molecule has 0 radical (unpaired) electrons. The summed E-state index contributed by atoms with van der Waals surface area (Å²) in [7, 11) is 0. The van der Waals surface area contributed by atoms with E-state index < -0.39 is 0 Å². The molecule has 4 heteroatoms. The number of aromatic nitrogens is 1. The van der Waals surface area contributed by atoms with Gasteiger partial charge in [0, 0.05) is 24.7 Å². The highest BCUT2D eigenvalue weighted by molar-refractivity contribution is 7.09. The molecule has 2 heterocycles. The molecule has 1 aliphatic rings. The molecule has 96 valence electrons. The minimum atomic E-state index is 0.379. The van der Waals surface area contributed by atoms with Crippen molar-refractivity contribution in [3.63, 3.8) is 0 Å². The molecule has 2 rings (SSSR count). The summed E-state index contributed by atoms with van der Waals surface area (Å²) in [5.41, 5.74) is 0.472. The Morgan fingerprint density at radius 2 is 2.53 bits per heavy atom. The van der Waals surface area contributed by atoms with Gasteiger partial charge in [-0.05, 0) is 31.7 Å². The maximum atomic E-state index is 4.37. The summed E-state index contributed by atoms with van der Waals surface area (Å²) in [6, 6.07) is 0.379. The van der Waals surface area contributed by atoms with E-state index in [1.807, 2.05) is 11.6 Å². The van der Waals surface area contributed by atoms with Crippen molar-refractivity contribution in [3.8, 4) is 0 Å². The lowest BCUT2D eigenvalue weighted by atomic mass is 9.82. The number of thiazole rings is 1. The van der Waals surface area contributed by atoms with Gasteiger partial charge < -0.3 is 10.6 Å². The molecule has 2 atom stereocenters. The van der Waals surface area contributed by atoms with Crippen LogP contribution in [-0.2, 0) is 0 Å². The molecule has 2 N–H and O–H groups in total. The van der Waals surface area contributed by atoms with Gasteiger partial charge in [-0.2, -0.15) is 0 Å². The minimum absolute atomic E-state index is 0.379. The lowest BCUT2D eigenvalue weighted by molar-refractivity contribution is 0.266. The second-order valence-corrected chi connectivity index (χ2v) is 6.08. The monoisotopic (exact) mass is 253 g/mol. The highest BCUT2D eigenvalue weighted by Crippen LogP contribution is 2.31. The molecule has 0 aliphatic carbocycles. The summed E-state index contributed by atoms with van der Waals surface area (Å²) >= 11 is 1.74. The quantitative estimate of drug-likeness (QED) is 0.818. The van der Waals surface area contributed by atoms with Crippen molar-refractivity contribution in [2.24, 2.45) is 5.41 Å². The second-order valence-electron chi connectivity index (χ2n) is 5.15. The minimum Gasteiger partial charge on any atom is -0.316 e. The molecule has 1 aliphatic heterocycles. The van der Waals surface area contributed by atoms with Crippen molar-refractivity contribution in [3.05, 3.63) is 16.6 Å². The van der Waals surface area contributed by atoms with Crippen molar-refractivity contribution in [1.29, 1.82) is 0 Å². The maximum Gasteiger partial charge on any atom is 0.109 e. The van der Waals surface area contributed by atoms with Gasteiger partial charge in [0.05, 0.1) is 6.04 Å². The van der Waals surface area contributed by atoms with Crippen molar-refractivity contribution in [1.82, 2.24) is 15.6 Å². The zero-order chi connectivity index (χ0) is 12.1. The highest BCUT2D eigenvalue weighted by atomic mass is 32.1. The molecule has 0 amide bonds. The molecular weight excluding hydrogens is 230 g/mol. The van der Waals surface area contributed by atoms with Crippen LogP contribution in [0, 0.1) is 5.41 Å². The summed E-state index contributed by atoms with van der Waals surface area (Å²) in [5.74, 6) is 0. The topological polar surface area (TPSA) is 37.0 Å². The molecule has 1 aromatic rings. The molecule has 0 saturated carbocycles. The van der Waals surface area contributed by atoms with Gasteiger partial charge in [0.2, 0.25) is 0 Å². The fraction of sp³-hybridized carbons (Fsp3) is 0.769. The van der Waals surface area contributed by atoms with Gasteiger partial charge in [-0.3, -0.25) is 0 Å². The van der Waals surface area contributed by atoms with Crippen LogP contribution in [0.1, 0.15) is 44.2 Å². The summed E-state index contributed by atoms with van der Waals surface area (Å²) < 4.78 is 0. The third-order valence-electron chi connectivity index (χ3n) is 3.72. The van der Waals surface area contributed by atoms with Crippen LogP contribution in [0.5, 0.6) is 0 Å². The Morgan fingerprint density at radius 3 is 3.12 bits per heavy atom. The van der Waals surface area contributed by atoms with Crippen LogP contribution in [0.2, 0.25) is 0 Å². The number of nitrogens with one attached hydrogen (secondary N) is 2.